The van der Waals surface area contributed by atoms with E-state index in [0.29, 0.717) is 0 Å². The first kappa shape index (κ1) is 9.39. The second-order valence-electron chi connectivity index (χ2n) is 3.33. The molecule has 5 nitrogen and oxygen atoms in total. The van der Waals surface area contributed by atoms with Crippen LogP contribution >= 0.6 is 0 Å². The quantitative estimate of drug-likeness (QED) is 0.495. The zero-order chi connectivity index (χ0) is 10.3. The van der Waals surface area contributed by atoms with Crippen LogP contribution in [0.4, 0.5) is 0 Å². The summed E-state index contributed by atoms with van der Waals surface area (Å²) >= 11 is 0. The summed E-state index contributed by atoms with van der Waals surface area (Å²) < 4.78 is 4.99. The van der Waals surface area contributed by atoms with E-state index in [0.717, 1.165) is 0 Å². The Hall–Kier alpha value is -1.17. The molecule has 1 heterocycles. The maximum absolute atomic E-state index is 11.3. The Morgan fingerprint density at radius 2 is 2.07 bits per heavy atom. The molecule has 0 radical (unpaired) electrons. The van der Waals surface area contributed by atoms with Gasteiger partial charge >= 0.3 is 0 Å². The lowest BCUT2D eigenvalue weighted by molar-refractivity contribution is -0.0730. The third kappa shape index (κ3) is 1.26. The molecule has 0 saturated carbocycles. The first-order valence-corrected chi connectivity index (χ1v) is 4.26. The van der Waals surface area contributed by atoms with E-state index in [4.69, 9.17) is 4.42 Å². The molecule has 1 aliphatic rings. The van der Waals surface area contributed by atoms with Crippen molar-refractivity contribution in [3.05, 3.63) is 33.9 Å². The molecule has 2 rings (SSSR count). The maximum atomic E-state index is 11.3. The van der Waals surface area contributed by atoms with Gasteiger partial charge in [0.1, 0.15) is 18.0 Å². The number of hydrogen-bond donors (Lipinski definition) is 3. The minimum atomic E-state index is -1.37. The Bertz CT molecular complexity index is 396. The van der Waals surface area contributed by atoms with Gasteiger partial charge in [-0.15, -0.1) is 0 Å². The molecule has 0 fully saturated rings. The summed E-state index contributed by atoms with van der Waals surface area (Å²) in [6.45, 7) is 0. The summed E-state index contributed by atoms with van der Waals surface area (Å²) in [7, 11) is 0. The second-order valence-corrected chi connectivity index (χ2v) is 3.33. The third-order valence-electron chi connectivity index (χ3n) is 2.40. The van der Waals surface area contributed by atoms with Gasteiger partial charge in [0.25, 0.3) is 0 Å². The summed E-state index contributed by atoms with van der Waals surface area (Å²) in [6.07, 6.45) is -2.54. The zero-order valence-electron chi connectivity index (χ0n) is 7.25. The average Bonchev–Trinajstić information content (AvgIpc) is 2.14. The van der Waals surface area contributed by atoms with Gasteiger partial charge in [0.2, 0.25) is 0 Å². The van der Waals surface area contributed by atoms with E-state index in [1.807, 2.05) is 0 Å². The van der Waals surface area contributed by atoms with Crippen molar-refractivity contribution in [2.75, 3.05) is 0 Å². The normalized spacial score (nSPS) is 31.2. The van der Waals surface area contributed by atoms with Crippen LogP contribution in [0.1, 0.15) is 17.4 Å². The van der Waals surface area contributed by atoms with Crippen LogP contribution in [0.2, 0.25) is 0 Å². The Morgan fingerprint density at radius 3 is 2.79 bits per heavy atom. The fourth-order valence-corrected chi connectivity index (χ4v) is 1.63. The van der Waals surface area contributed by atoms with Gasteiger partial charge in [0.15, 0.2) is 5.43 Å². The van der Waals surface area contributed by atoms with Gasteiger partial charge < -0.3 is 19.7 Å². The molecular weight excluding hydrogens is 188 g/mol. The number of aliphatic hydroxyl groups excluding tert-OH is 3. The lowest BCUT2D eigenvalue weighted by Crippen LogP contribution is -2.40. The Morgan fingerprint density at radius 1 is 1.36 bits per heavy atom. The highest BCUT2D eigenvalue weighted by molar-refractivity contribution is 5.25. The fraction of sp³-hybridized carbons (Fsp3) is 0.444. The molecule has 1 aromatic rings. The molecule has 0 bridgehead atoms. The maximum Gasteiger partial charge on any atom is 0.191 e. The van der Waals surface area contributed by atoms with Gasteiger partial charge in [-0.25, -0.2) is 0 Å². The monoisotopic (exact) mass is 198 g/mol. The predicted octanol–water partition coefficient (Wildman–Crippen LogP) is -1.05. The predicted molar refractivity (Wildman–Crippen MR) is 45.7 cm³/mol. The lowest BCUT2D eigenvalue weighted by Gasteiger charge is -2.28. The van der Waals surface area contributed by atoms with Crippen molar-refractivity contribution < 1.29 is 19.7 Å². The van der Waals surface area contributed by atoms with Crippen LogP contribution in [0.5, 0.6) is 0 Å². The third-order valence-corrected chi connectivity index (χ3v) is 2.40. The van der Waals surface area contributed by atoms with Gasteiger partial charge in [0.05, 0.1) is 17.9 Å². The largest absolute Gasteiger partial charge is 0.469 e. The van der Waals surface area contributed by atoms with Crippen molar-refractivity contribution in [3.63, 3.8) is 0 Å². The molecule has 1 aromatic heterocycles. The molecule has 0 aromatic carbocycles. The fourth-order valence-electron chi connectivity index (χ4n) is 1.63. The van der Waals surface area contributed by atoms with Crippen LogP contribution in [0.3, 0.4) is 0 Å². The molecule has 0 saturated heterocycles. The topological polar surface area (TPSA) is 90.9 Å². The molecule has 1 aliphatic carbocycles. The van der Waals surface area contributed by atoms with Crippen LogP contribution in [0, 0.1) is 0 Å². The first-order valence-electron chi connectivity index (χ1n) is 4.26. The van der Waals surface area contributed by atoms with E-state index in [2.05, 4.69) is 0 Å². The van der Waals surface area contributed by atoms with Crippen molar-refractivity contribution in [3.8, 4) is 0 Å². The number of fused-ring (bicyclic) bond motifs is 1. The second kappa shape index (κ2) is 3.20. The highest BCUT2D eigenvalue weighted by atomic mass is 16.4. The average molecular weight is 198 g/mol. The van der Waals surface area contributed by atoms with Crippen LogP contribution in [-0.2, 0) is 6.42 Å². The summed E-state index contributed by atoms with van der Waals surface area (Å²) in [4.78, 5) is 11.3. The van der Waals surface area contributed by atoms with Crippen LogP contribution in [0.25, 0.3) is 0 Å². The van der Waals surface area contributed by atoms with E-state index in [1.54, 1.807) is 0 Å². The number of hydrogen-bond acceptors (Lipinski definition) is 5. The smallest absolute Gasteiger partial charge is 0.191 e. The molecule has 0 aliphatic heterocycles. The molecule has 76 valence electrons. The molecule has 3 unspecified atom stereocenters. The molecule has 3 N–H and O–H groups in total. The minimum absolute atomic E-state index is 0.0453. The SMILES string of the molecule is O=c1ccoc2c1C(O)C(O)C(O)C2. The van der Waals surface area contributed by atoms with E-state index in [-0.39, 0.29) is 23.2 Å². The van der Waals surface area contributed by atoms with Gasteiger partial charge in [-0.05, 0) is 0 Å². The van der Waals surface area contributed by atoms with E-state index < -0.39 is 18.3 Å². The molecule has 14 heavy (non-hydrogen) atoms. The highest BCUT2D eigenvalue weighted by Gasteiger charge is 2.36. The highest BCUT2D eigenvalue weighted by Crippen LogP contribution is 2.27. The minimum Gasteiger partial charge on any atom is -0.469 e. The molecule has 3 atom stereocenters. The Balaban J connectivity index is 2.57. The molecule has 0 spiro atoms. The van der Waals surface area contributed by atoms with Crippen LogP contribution < -0.4 is 5.43 Å². The van der Waals surface area contributed by atoms with E-state index in [9.17, 15) is 20.1 Å². The zero-order valence-corrected chi connectivity index (χ0v) is 7.25. The summed E-state index contributed by atoms with van der Waals surface area (Å²) in [6, 6.07) is 1.17. The molecule has 0 amide bonds. The summed E-state index contributed by atoms with van der Waals surface area (Å²) in [5, 5.41) is 28.2. The van der Waals surface area contributed by atoms with Crippen LogP contribution in [0.15, 0.2) is 21.5 Å². The van der Waals surface area contributed by atoms with Gasteiger partial charge in [-0.2, -0.15) is 0 Å². The summed E-state index contributed by atoms with van der Waals surface area (Å²) in [5.74, 6) is 0.239. The summed E-state index contributed by atoms with van der Waals surface area (Å²) in [5.41, 5.74) is -0.338. The van der Waals surface area contributed by atoms with E-state index >= 15 is 0 Å². The van der Waals surface area contributed by atoms with Crippen molar-refractivity contribution in [1.82, 2.24) is 0 Å². The molecule has 5 heteroatoms. The molecular formula is C9H10O5. The van der Waals surface area contributed by atoms with Crippen molar-refractivity contribution in [2.45, 2.75) is 24.7 Å². The standard InChI is InChI=1S/C9H10O5/c10-4-1-2-14-6-3-5(11)8(12)9(13)7(4)6/h1-2,5,8-9,11-13H,3H2. The van der Waals surface area contributed by atoms with Crippen LogP contribution in [-0.4, -0.2) is 27.5 Å². The van der Waals surface area contributed by atoms with Gasteiger partial charge in [-0.3, -0.25) is 4.79 Å². The number of rotatable bonds is 0. The number of aliphatic hydroxyl groups is 3. The Kier molecular flexibility index (Phi) is 2.14. The van der Waals surface area contributed by atoms with Gasteiger partial charge in [0, 0.05) is 12.5 Å². The first-order chi connectivity index (χ1) is 6.61. The Labute approximate surface area is 79.2 Å². The van der Waals surface area contributed by atoms with Crippen molar-refractivity contribution in [2.24, 2.45) is 0 Å². The van der Waals surface area contributed by atoms with Crippen molar-refractivity contribution in [1.29, 1.82) is 0 Å². The van der Waals surface area contributed by atoms with Crippen molar-refractivity contribution >= 4 is 0 Å². The van der Waals surface area contributed by atoms with E-state index in [1.165, 1.54) is 12.3 Å². The lowest BCUT2D eigenvalue weighted by atomic mass is 9.89. The van der Waals surface area contributed by atoms with Gasteiger partial charge in [-0.1, -0.05) is 0 Å².